The first kappa shape index (κ1) is 21.2. The van der Waals surface area contributed by atoms with Crippen LogP contribution in [-0.4, -0.2) is 38.1 Å². The van der Waals surface area contributed by atoms with Crippen LogP contribution in [0.2, 0.25) is 0 Å². The molecule has 0 aliphatic carbocycles. The van der Waals surface area contributed by atoms with Crippen LogP contribution in [-0.2, 0) is 17.9 Å². The van der Waals surface area contributed by atoms with E-state index in [1.165, 1.54) is 24.0 Å². The van der Waals surface area contributed by atoms with E-state index in [9.17, 15) is 0 Å². The zero-order valence-electron chi connectivity index (χ0n) is 14.3. The molecule has 0 amide bonds. The summed E-state index contributed by atoms with van der Waals surface area (Å²) in [6.45, 7) is 7.48. The molecule has 1 rings (SSSR count). The van der Waals surface area contributed by atoms with Gasteiger partial charge in [0.15, 0.2) is 5.96 Å². The Bertz CT molecular complexity index is 420. The summed E-state index contributed by atoms with van der Waals surface area (Å²) in [5, 5.41) is 3.40. The number of aliphatic imine (C=N–C) groups is 1. The number of rotatable bonds is 8. The SMILES string of the molecule is CCCCN(C)C(=NC)NCc1ccc(COCC)cc1.I. The lowest BCUT2D eigenvalue weighted by Crippen LogP contribution is -2.38. The summed E-state index contributed by atoms with van der Waals surface area (Å²) in [6.07, 6.45) is 2.38. The lowest BCUT2D eigenvalue weighted by Gasteiger charge is -2.21. The Morgan fingerprint density at radius 2 is 1.82 bits per heavy atom. The normalized spacial score (nSPS) is 11.0. The van der Waals surface area contributed by atoms with E-state index < -0.39 is 0 Å². The highest BCUT2D eigenvalue weighted by Gasteiger charge is 2.04. The molecule has 0 fully saturated rings. The van der Waals surface area contributed by atoms with Crippen LogP contribution in [0.4, 0.5) is 0 Å². The van der Waals surface area contributed by atoms with Crippen LogP contribution in [0.15, 0.2) is 29.3 Å². The molecule has 5 heteroatoms. The Morgan fingerprint density at radius 3 is 2.36 bits per heavy atom. The van der Waals surface area contributed by atoms with Crippen molar-refractivity contribution in [3.63, 3.8) is 0 Å². The molecule has 0 heterocycles. The number of ether oxygens (including phenoxy) is 1. The van der Waals surface area contributed by atoms with Gasteiger partial charge in [-0.05, 0) is 24.5 Å². The number of hydrogen-bond donors (Lipinski definition) is 1. The summed E-state index contributed by atoms with van der Waals surface area (Å²) in [5.41, 5.74) is 2.46. The van der Waals surface area contributed by atoms with Crippen LogP contribution in [0.1, 0.15) is 37.8 Å². The van der Waals surface area contributed by atoms with E-state index in [0.717, 1.165) is 25.7 Å². The first-order chi connectivity index (χ1) is 10.2. The molecule has 0 aliphatic heterocycles. The van der Waals surface area contributed by atoms with Crippen molar-refractivity contribution in [3.05, 3.63) is 35.4 Å². The Kier molecular flexibility index (Phi) is 12.2. The zero-order valence-corrected chi connectivity index (χ0v) is 16.6. The molecular formula is C17H30IN3O. The van der Waals surface area contributed by atoms with Gasteiger partial charge in [-0.15, -0.1) is 24.0 Å². The van der Waals surface area contributed by atoms with Gasteiger partial charge in [0, 0.05) is 33.8 Å². The fraction of sp³-hybridized carbons (Fsp3) is 0.588. The zero-order chi connectivity index (χ0) is 15.5. The molecule has 126 valence electrons. The molecule has 1 aromatic rings. The van der Waals surface area contributed by atoms with Crippen molar-refractivity contribution in [1.29, 1.82) is 0 Å². The monoisotopic (exact) mass is 419 g/mol. The third-order valence-electron chi connectivity index (χ3n) is 3.37. The van der Waals surface area contributed by atoms with E-state index in [2.05, 4.69) is 53.4 Å². The second-order valence-electron chi connectivity index (χ2n) is 5.13. The summed E-state index contributed by atoms with van der Waals surface area (Å²) in [4.78, 5) is 6.50. The van der Waals surface area contributed by atoms with Crippen LogP contribution >= 0.6 is 24.0 Å². The summed E-state index contributed by atoms with van der Waals surface area (Å²) < 4.78 is 5.40. The van der Waals surface area contributed by atoms with Gasteiger partial charge in [0.1, 0.15) is 0 Å². The Labute approximate surface area is 152 Å². The minimum absolute atomic E-state index is 0. The maximum Gasteiger partial charge on any atom is 0.193 e. The Morgan fingerprint density at radius 1 is 1.18 bits per heavy atom. The first-order valence-corrected chi connectivity index (χ1v) is 7.78. The van der Waals surface area contributed by atoms with Gasteiger partial charge in [-0.25, -0.2) is 0 Å². The van der Waals surface area contributed by atoms with Crippen molar-refractivity contribution >= 4 is 29.9 Å². The predicted molar refractivity (Wildman–Crippen MR) is 105 cm³/mol. The van der Waals surface area contributed by atoms with Gasteiger partial charge in [0.05, 0.1) is 6.61 Å². The molecule has 0 radical (unpaired) electrons. The summed E-state index contributed by atoms with van der Waals surface area (Å²) in [5.74, 6) is 0.946. The second-order valence-corrected chi connectivity index (χ2v) is 5.13. The third kappa shape index (κ3) is 7.98. The number of unbranched alkanes of at least 4 members (excludes halogenated alkanes) is 1. The van der Waals surface area contributed by atoms with Gasteiger partial charge in [0.25, 0.3) is 0 Å². The highest BCUT2D eigenvalue weighted by Crippen LogP contribution is 2.06. The van der Waals surface area contributed by atoms with E-state index in [1.807, 2.05) is 14.0 Å². The molecule has 0 unspecified atom stereocenters. The fourth-order valence-electron chi connectivity index (χ4n) is 2.04. The summed E-state index contributed by atoms with van der Waals surface area (Å²) in [6, 6.07) is 8.52. The number of benzene rings is 1. The molecule has 0 aliphatic rings. The minimum atomic E-state index is 0. The van der Waals surface area contributed by atoms with Crippen LogP contribution in [0.25, 0.3) is 0 Å². The van der Waals surface area contributed by atoms with Gasteiger partial charge in [-0.3, -0.25) is 4.99 Å². The van der Waals surface area contributed by atoms with E-state index in [1.54, 1.807) is 0 Å². The van der Waals surface area contributed by atoms with Gasteiger partial charge in [-0.2, -0.15) is 0 Å². The maximum atomic E-state index is 5.40. The molecule has 0 aromatic heterocycles. The third-order valence-corrected chi connectivity index (χ3v) is 3.37. The molecule has 0 spiro atoms. The van der Waals surface area contributed by atoms with Crippen LogP contribution in [0.5, 0.6) is 0 Å². The van der Waals surface area contributed by atoms with Crippen molar-refractivity contribution in [1.82, 2.24) is 10.2 Å². The van der Waals surface area contributed by atoms with Gasteiger partial charge in [-0.1, -0.05) is 37.6 Å². The molecule has 0 atom stereocenters. The standard InChI is InChI=1S/C17H29N3O.HI/c1-5-7-12-20(4)17(18-3)19-13-15-8-10-16(11-9-15)14-21-6-2;/h8-11H,5-7,12-14H2,1-4H3,(H,18,19);1H. The topological polar surface area (TPSA) is 36.9 Å². The number of hydrogen-bond acceptors (Lipinski definition) is 2. The number of guanidine groups is 1. The highest BCUT2D eigenvalue weighted by atomic mass is 127. The number of nitrogens with one attached hydrogen (secondary N) is 1. The van der Waals surface area contributed by atoms with E-state index in [4.69, 9.17) is 4.74 Å². The van der Waals surface area contributed by atoms with Crippen molar-refractivity contribution in [3.8, 4) is 0 Å². The number of nitrogens with zero attached hydrogens (tertiary/aromatic N) is 2. The van der Waals surface area contributed by atoms with Gasteiger partial charge >= 0.3 is 0 Å². The lowest BCUT2D eigenvalue weighted by atomic mass is 10.1. The van der Waals surface area contributed by atoms with E-state index in [-0.39, 0.29) is 24.0 Å². The molecule has 0 bridgehead atoms. The van der Waals surface area contributed by atoms with Crippen molar-refractivity contribution in [2.45, 2.75) is 39.8 Å². The Balaban J connectivity index is 0.00000441. The summed E-state index contributed by atoms with van der Waals surface area (Å²) >= 11 is 0. The molecule has 0 saturated carbocycles. The van der Waals surface area contributed by atoms with Crippen LogP contribution in [0.3, 0.4) is 0 Å². The molecule has 0 saturated heterocycles. The molecule has 22 heavy (non-hydrogen) atoms. The molecule has 4 nitrogen and oxygen atoms in total. The Hall–Kier alpha value is -0.820. The average Bonchev–Trinajstić information content (AvgIpc) is 2.52. The summed E-state index contributed by atoms with van der Waals surface area (Å²) in [7, 11) is 3.91. The van der Waals surface area contributed by atoms with Crippen LogP contribution in [0, 0.1) is 0 Å². The van der Waals surface area contributed by atoms with E-state index in [0.29, 0.717) is 6.61 Å². The van der Waals surface area contributed by atoms with Crippen molar-refractivity contribution in [2.75, 3.05) is 27.2 Å². The molecule has 1 N–H and O–H groups in total. The highest BCUT2D eigenvalue weighted by molar-refractivity contribution is 14.0. The van der Waals surface area contributed by atoms with Gasteiger partial charge < -0.3 is 15.0 Å². The molecule has 1 aromatic carbocycles. The van der Waals surface area contributed by atoms with Crippen LogP contribution < -0.4 is 5.32 Å². The number of halogens is 1. The largest absolute Gasteiger partial charge is 0.377 e. The van der Waals surface area contributed by atoms with Crippen molar-refractivity contribution in [2.24, 2.45) is 4.99 Å². The maximum absolute atomic E-state index is 5.40. The smallest absolute Gasteiger partial charge is 0.193 e. The fourth-order valence-corrected chi connectivity index (χ4v) is 2.04. The predicted octanol–water partition coefficient (Wildman–Crippen LogP) is 3.65. The first-order valence-electron chi connectivity index (χ1n) is 7.78. The van der Waals surface area contributed by atoms with Gasteiger partial charge in [0.2, 0.25) is 0 Å². The average molecular weight is 419 g/mol. The van der Waals surface area contributed by atoms with E-state index >= 15 is 0 Å². The van der Waals surface area contributed by atoms with Crippen molar-refractivity contribution < 1.29 is 4.74 Å². The second kappa shape index (κ2) is 12.7. The quantitative estimate of drug-likeness (QED) is 0.397. The molecular weight excluding hydrogens is 389 g/mol. The minimum Gasteiger partial charge on any atom is -0.377 e. The lowest BCUT2D eigenvalue weighted by molar-refractivity contribution is 0.134.